The molecule has 30 heavy (non-hydrogen) atoms. The van der Waals surface area contributed by atoms with E-state index in [9.17, 15) is 9.59 Å². The monoisotopic (exact) mass is 482 g/mol. The van der Waals surface area contributed by atoms with Crippen LogP contribution in [0.5, 0.6) is 0 Å². The molecule has 0 saturated carbocycles. The Hall–Kier alpha value is -1.40. The molecule has 170 valence electrons. The van der Waals surface area contributed by atoms with E-state index in [0.717, 1.165) is 29.4 Å². The van der Waals surface area contributed by atoms with Crippen molar-refractivity contribution in [3.05, 3.63) is 29.8 Å². The summed E-state index contributed by atoms with van der Waals surface area (Å²) < 4.78 is 5.95. The zero-order valence-corrected chi connectivity index (χ0v) is 21.0. The zero-order valence-electron chi connectivity index (χ0n) is 19.4. The smallest absolute Gasteiger partial charge is 0.246 e. The Labute approximate surface area is 190 Å². The molecule has 0 aliphatic heterocycles. The van der Waals surface area contributed by atoms with Gasteiger partial charge < -0.3 is 15.4 Å². The molecule has 2 amide bonds. The Morgan fingerprint density at radius 1 is 1.13 bits per heavy atom. The second-order valence-electron chi connectivity index (χ2n) is 9.16. The molecule has 2 atom stereocenters. The number of carbonyl (C=O) groups excluding carboxylic acids is 2. The predicted molar refractivity (Wildman–Crippen MR) is 128 cm³/mol. The van der Waals surface area contributed by atoms with Crippen LogP contribution in [0.25, 0.3) is 0 Å². The Balaban J connectivity index is 2.66. The van der Waals surface area contributed by atoms with Crippen LogP contribution in [0, 0.1) is 11.8 Å². The molecule has 0 aliphatic rings. The lowest BCUT2D eigenvalue weighted by Crippen LogP contribution is -2.46. The maximum atomic E-state index is 12.8. The molecule has 0 aromatic heterocycles. The van der Waals surface area contributed by atoms with Gasteiger partial charge in [-0.1, -0.05) is 62.2 Å². The molecule has 0 radical (unpaired) electrons. The molecule has 1 rings (SSSR count). The van der Waals surface area contributed by atoms with E-state index in [4.69, 9.17) is 4.74 Å². The minimum Gasteiger partial charge on any atom is -0.375 e. The van der Waals surface area contributed by atoms with E-state index >= 15 is 0 Å². The van der Waals surface area contributed by atoms with Gasteiger partial charge in [-0.15, -0.1) is 0 Å². The van der Waals surface area contributed by atoms with Crippen LogP contribution in [0.3, 0.4) is 0 Å². The highest BCUT2D eigenvalue weighted by Gasteiger charge is 2.27. The molecule has 0 fully saturated rings. The first-order valence-corrected chi connectivity index (χ1v) is 12.1. The van der Waals surface area contributed by atoms with Crippen molar-refractivity contribution in [1.82, 2.24) is 5.32 Å². The number of alkyl halides is 1. The fourth-order valence-corrected chi connectivity index (χ4v) is 3.41. The molecular formula is C24H39BrN2O3. The molecule has 1 aromatic carbocycles. The highest BCUT2D eigenvalue weighted by atomic mass is 79.9. The van der Waals surface area contributed by atoms with Crippen molar-refractivity contribution < 1.29 is 14.3 Å². The number of anilines is 1. The van der Waals surface area contributed by atoms with E-state index in [2.05, 4.69) is 40.4 Å². The molecule has 2 unspecified atom stereocenters. The summed E-state index contributed by atoms with van der Waals surface area (Å²) in [6.45, 7) is 12.9. The first-order chi connectivity index (χ1) is 14.1. The van der Waals surface area contributed by atoms with Gasteiger partial charge >= 0.3 is 0 Å². The van der Waals surface area contributed by atoms with Gasteiger partial charge in [-0.25, -0.2) is 0 Å². The predicted octanol–water partition coefficient (Wildman–Crippen LogP) is 5.67. The van der Waals surface area contributed by atoms with Gasteiger partial charge in [0.25, 0.3) is 0 Å². The fraction of sp³-hybridized carbons (Fsp3) is 0.667. The summed E-state index contributed by atoms with van der Waals surface area (Å²) in [5.74, 6) is 0.520. The topological polar surface area (TPSA) is 67.4 Å². The van der Waals surface area contributed by atoms with Crippen LogP contribution in [0.1, 0.15) is 72.8 Å². The summed E-state index contributed by atoms with van der Waals surface area (Å²) in [5, 5.41) is 6.61. The summed E-state index contributed by atoms with van der Waals surface area (Å²) in [7, 11) is 0. The Morgan fingerprint density at radius 2 is 1.77 bits per heavy atom. The van der Waals surface area contributed by atoms with Crippen LogP contribution in [0.2, 0.25) is 0 Å². The summed E-state index contributed by atoms with van der Waals surface area (Å²) in [5.41, 5.74) is 1.29. The Morgan fingerprint density at radius 3 is 2.30 bits per heavy atom. The van der Waals surface area contributed by atoms with Crippen LogP contribution in [0.15, 0.2) is 24.3 Å². The number of amides is 2. The molecular weight excluding hydrogens is 444 g/mol. The third-order valence-corrected chi connectivity index (χ3v) is 5.77. The second-order valence-corrected chi connectivity index (χ2v) is 9.72. The van der Waals surface area contributed by atoms with E-state index in [0.29, 0.717) is 18.9 Å². The van der Waals surface area contributed by atoms with Crippen LogP contribution >= 0.6 is 15.9 Å². The number of halogens is 1. The minimum atomic E-state index is -0.579. The highest BCUT2D eigenvalue weighted by molar-refractivity contribution is 9.08. The number of ether oxygens (including phenoxy) is 1. The number of hydrogen-bond acceptors (Lipinski definition) is 3. The van der Waals surface area contributed by atoms with Gasteiger partial charge in [0, 0.05) is 17.6 Å². The number of nitrogens with one attached hydrogen (secondary N) is 2. The average Bonchev–Trinajstić information content (AvgIpc) is 2.66. The zero-order chi connectivity index (χ0) is 22.7. The molecule has 0 saturated heterocycles. The van der Waals surface area contributed by atoms with Crippen molar-refractivity contribution in [2.24, 2.45) is 11.8 Å². The van der Waals surface area contributed by atoms with E-state index in [1.165, 1.54) is 0 Å². The van der Waals surface area contributed by atoms with Crippen LogP contribution in [-0.2, 0) is 19.7 Å². The molecule has 0 heterocycles. The van der Waals surface area contributed by atoms with Gasteiger partial charge in [-0.3, -0.25) is 9.59 Å². The number of carbonyl (C=O) groups is 2. The maximum absolute atomic E-state index is 12.8. The molecule has 5 nitrogen and oxygen atoms in total. The first-order valence-electron chi connectivity index (χ1n) is 10.9. The molecule has 6 heteroatoms. The highest BCUT2D eigenvalue weighted by Crippen LogP contribution is 2.18. The van der Waals surface area contributed by atoms with Crippen molar-refractivity contribution in [3.8, 4) is 0 Å². The van der Waals surface area contributed by atoms with Gasteiger partial charge in [-0.2, -0.15) is 0 Å². The van der Waals surface area contributed by atoms with Crippen molar-refractivity contribution in [2.45, 2.75) is 84.2 Å². The molecule has 0 aliphatic carbocycles. The summed E-state index contributed by atoms with van der Waals surface area (Å²) in [6, 6.07) is 7.08. The summed E-state index contributed by atoms with van der Waals surface area (Å²) in [4.78, 5) is 25.5. The van der Waals surface area contributed by atoms with E-state index in [-0.39, 0.29) is 24.2 Å². The van der Waals surface area contributed by atoms with Crippen LogP contribution in [-0.4, -0.2) is 30.1 Å². The normalized spacial score (nSPS) is 13.7. The van der Waals surface area contributed by atoms with Crippen LogP contribution in [0.4, 0.5) is 5.69 Å². The standard InChI is InChI=1S/C24H39BrN2O3/c1-7-18(4)12-13-30-24(5,6)15-22(28)27-21(14-17(2)3)23(29)26-20-10-8-19(16-25)9-11-20/h8-11,17-18,21H,7,12-16H2,1-6H3,(H,26,29)(H,27,28). The Bertz CT molecular complexity index is 659. The van der Waals surface area contributed by atoms with Crippen molar-refractivity contribution in [3.63, 3.8) is 0 Å². The van der Waals surface area contributed by atoms with Crippen molar-refractivity contribution >= 4 is 33.4 Å². The molecule has 1 aromatic rings. The lowest BCUT2D eigenvalue weighted by Gasteiger charge is -2.27. The number of hydrogen-bond donors (Lipinski definition) is 2. The number of rotatable bonds is 13. The average molecular weight is 483 g/mol. The van der Waals surface area contributed by atoms with Crippen molar-refractivity contribution in [2.75, 3.05) is 11.9 Å². The van der Waals surface area contributed by atoms with Crippen LogP contribution < -0.4 is 10.6 Å². The molecule has 2 N–H and O–H groups in total. The Kier molecular flexibility index (Phi) is 11.6. The molecule has 0 bridgehead atoms. The van der Waals surface area contributed by atoms with E-state index in [1.54, 1.807) is 0 Å². The largest absolute Gasteiger partial charge is 0.375 e. The van der Waals surface area contributed by atoms with E-state index in [1.807, 2.05) is 52.0 Å². The summed E-state index contributed by atoms with van der Waals surface area (Å²) in [6.07, 6.45) is 2.89. The van der Waals surface area contributed by atoms with Gasteiger partial charge in [0.15, 0.2) is 0 Å². The lowest BCUT2D eigenvalue weighted by molar-refractivity contribution is -0.131. The van der Waals surface area contributed by atoms with Gasteiger partial charge in [0.05, 0.1) is 12.0 Å². The third-order valence-electron chi connectivity index (χ3n) is 5.12. The maximum Gasteiger partial charge on any atom is 0.246 e. The summed E-state index contributed by atoms with van der Waals surface area (Å²) >= 11 is 3.42. The van der Waals surface area contributed by atoms with Gasteiger partial charge in [-0.05, 0) is 56.2 Å². The third kappa shape index (κ3) is 10.6. The van der Waals surface area contributed by atoms with Gasteiger partial charge in [0.2, 0.25) is 11.8 Å². The minimum absolute atomic E-state index is 0.168. The van der Waals surface area contributed by atoms with E-state index < -0.39 is 11.6 Å². The van der Waals surface area contributed by atoms with Gasteiger partial charge in [0.1, 0.15) is 6.04 Å². The lowest BCUT2D eigenvalue weighted by atomic mass is 10.0. The number of benzene rings is 1. The fourth-order valence-electron chi connectivity index (χ4n) is 3.03. The second kappa shape index (κ2) is 13.1. The molecule has 0 spiro atoms. The first kappa shape index (κ1) is 26.6. The van der Waals surface area contributed by atoms with Crippen molar-refractivity contribution in [1.29, 1.82) is 0 Å². The quantitative estimate of drug-likeness (QED) is 0.355. The SMILES string of the molecule is CCC(C)CCOC(C)(C)CC(=O)NC(CC(C)C)C(=O)Nc1ccc(CBr)cc1.